The first-order valence-electron chi connectivity index (χ1n) is 6.26. The van der Waals surface area contributed by atoms with Crippen LogP contribution in [0.5, 0.6) is 0 Å². The van der Waals surface area contributed by atoms with Gasteiger partial charge in [0, 0.05) is 12.6 Å². The number of pyridine rings is 1. The number of aromatic carboxylic acids is 1. The molecule has 0 bridgehead atoms. The number of nitrogens with zero attached hydrogens (tertiary/aromatic N) is 1. The molecule has 0 unspecified atom stereocenters. The van der Waals surface area contributed by atoms with E-state index in [0.717, 1.165) is 0 Å². The molecule has 0 saturated heterocycles. The summed E-state index contributed by atoms with van der Waals surface area (Å²) in [5, 5.41) is 11.9. The summed E-state index contributed by atoms with van der Waals surface area (Å²) in [4.78, 5) is 27.1. The van der Waals surface area contributed by atoms with Crippen molar-refractivity contribution in [2.45, 2.75) is 0 Å². The summed E-state index contributed by atoms with van der Waals surface area (Å²) < 4.78 is 0. The second-order valence-electron chi connectivity index (χ2n) is 4.30. The Balaban J connectivity index is 2.50. The summed E-state index contributed by atoms with van der Waals surface area (Å²) in [5.74, 6) is -0.792. The summed E-state index contributed by atoms with van der Waals surface area (Å²) in [7, 11) is 1.67. The number of carbonyl (C=O) groups excluding carboxylic acids is 1. The van der Waals surface area contributed by atoms with E-state index < -0.39 is 5.97 Å². The molecule has 21 heavy (non-hydrogen) atoms. The van der Waals surface area contributed by atoms with Crippen molar-refractivity contribution in [3.8, 4) is 11.3 Å². The SMILES string of the molecule is C=CC(=O)c1ccc(-c2cccc(C(=O)O)c2)nc1NC. The average molecular weight is 282 g/mol. The molecule has 106 valence electrons. The lowest BCUT2D eigenvalue weighted by atomic mass is 10.1. The molecule has 5 nitrogen and oxygen atoms in total. The molecule has 2 aromatic rings. The number of carboxylic acids is 1. The van der Waals surface area contributed by atoms with Gasteiger partial charge in [0.05, 0.1) is 16.8 Å². The number of carboxylic acid groups (broad SMARTS) is 1. The summed E-state index contributed by atoms with van der Waals surface area (Å²) in [6, 6.07) is 9.80. The van der Waals surface area contributed by atoms with Gasteiger partial charge in [-0.25, -0.2) is 9.78 Å². The van der Waals surface area contributed by atoms with Gasteiger partial charge < -0.3 is 10.4 Å². The van der Waals surface area contributed by atoms with E-state index in [2.05, 4.69) is 16.9 Å². The Labute approximate surface area is 122 Å². The second kappa shape index (κ2) is 6.00. The van der Waals surface area contributed by atoms with Crippen LogP contribution < -0.4 is 5.32 Å². The Morgan fingerprint density at radius 1 is 1.29 bits per heavy atom. The molecular formula is C16H14N2O3. The van der Waals surface area contributed by atoms with Crippen LogP contribution in [0.25, 0.3) is 11.3 Å². The van der Waals surface area contributed by atoms with E-state index in [4.69, 9.17) is 5.11 Å². The quantitative estimate of drug-likeness (QED) is 0.651. The lowest BCUT2D eigenvalue weighted by Crippen LogP contribution is -2.04. The normalized spacial score (nSPS) is 9.95. The zero-order chi connectivity index (χ0) is 15.4. The molecule has 0 fully saturated rings. The molecule has 1 aromatic heterocycles. The summed E-state index contributed by atoms with van der Waals surface area (Å²) >= 11 is 0. The highest BCUT2D eigenvalue weighted by molar-refractivity contribution is 6.07. The van der Waals surface area contributed by atoms with Crippen LogP contribution in [0.3, 0.4) is 0 Å². The fourth-order valence-corrected chi connectivity index (χ4v) is 1.93. The number of hydrogen-bond donors (Lipinski definition) is 2. The van der Waals surface area contributed by atoms with Gasteiger partial charge in [0.15, 0.2) is 5.78 Å². The number of rotatable bonds is 5. The Kier molecular flexibility index (Phi) is 4.13. The minimum Gasteiger partial charge on any atom is -0.478 e. The fraction of sp³-hybridized carbons (Fsp3) is 0.0625. The summed E-state index contributed by atoms with van der Waals surface area (Å²) in [6.45, 7) is 3.45. The van der Waals surface area contributed by atoms with Crippen molar-refractivity contribution in [1.29, 1.82) is 0 Å². The van der Waals surface area contributed by atoms with Crippen molar-refractivity contribution >= 4 is 17.6 Å². The molecule has 0 amide bonds. The highest BCUT2D eigenvalue weighted by Gasteiger charge is 2.12. The predicted molar refractivity (Wildman–Crippen MR) is 80.7 cm³/mol. The second-order valence-corrected chi connectivity index (χ2v) is 4.30. The molecule has 1 aromatic carbocycles. The Bertz CT molecular complexity index is 723. The number of aromatic nitrogens is 1. The average Bonchev–Trinajstić information content (AvgIpc) is 2.53. The topological polar surface area (TPSA) is 79.3 Å². The van der Waals surface area contributed by atoms with Gasteiger partial charge in [-0.15, -0.1) is 0 Å². The smallest absolute Gasteiger partial charge is 0.335 e. The number of nitrogens with one attached hydrogen (secondary N) is 1. The van der Waals surface area contributed by atoms with Crippen molar-refractivity contribution in [3.63, 3.8) is 0 Å². The lowest BCUT2D eigenvalue weighted by Gasteiger charge is -2.09. The van der Waals surface area contributed by atoms with Gasteiger partial charge in [-0.3, -0.25) is 4.79 Å². The van der Waals surface area contributed by atoms with Gasteiger partial charge in [0.25, 0.3) is 0 Å². The van der Waals surface area contributed by atoms with Crippen molar-refractivity contribution < 1.29 is 14.7 Å². The molecule has 5 heteroatoms. The Hall–Kier alpha value is -2.95. The van der Waals surface area contributed by atoms with Gasteiger partial charge in [0.1, 0.15) is 5.82 Å². The maximum atomic E-state index is 11.7. The van der Waals surface area contributed by atoms with Gasteiger partial charge in [-0.2, -0.15) is 0 Å². The van der Waals surface area contributed by atoms with Crippen molar-refractivity contribution in [2.75, 3.05) is 12.4 Å². The first-order chi connectivity index (χ1) is 10.1. The third-order valence-corrected chi connectivity index (χ3v) is 2.99. The van der Waals surface area contributed by atoms with E-state index in [0.29, 0.717) is 22.6 Å². The molecule has 0 aliphatic rings. The van der Waals surface area contributed by atoms with Gasteiger partial charge in [0.2, 0.25) is 0 Å². The van der Waals surface area contributed by atoms with Crippen LogP contribution in [0.4, 0.5) is 5.82 Å². The third kappa shape index (κ3) is 2.97. The van der Waals surface area contributed by atoms with E-state index in [9.17, 15) is 9.59 Å². The van der Waals surface area contributed by atoms with Gasteiger partial charge in [-0.1, -0.05) is 18.7 Å². The van der Waals surface area contributed by atoms with Crippen LogP contribution in [-0.2, 0) is 0 Å². The van der Waals surface area contributed by atoms with Crippen molar-refractivity contribution in [1.82, 2.24) is 4.98 Å². The number of carbonyl (C=O) groups is 2. The molecule has 0 saturated carbocycles. The zero-order valence-corrected chi connectivity index (χ0v) is 11.5. The molecule has 0 spiro atoms. The Morgan fingerprint density at radius 2 is 2.05 bits per heavy atom. The van der Waals surface area contributed by atoms with E-state index >= 15 is 0 Å². The molecular weight excluding hydrogens is 268 g/mol. The van der Waals surface area contributed by atoms with E-state index in [1.807, 2.05) is 0 Å². The predicted octanol–water partition coefficient (Wildman–Crippen LogP) is 2.86. The highest BCUT2D eigenvalue weighted by Crippen LogP contribution is 2.23. The minimum absolute atomic E-state index is 0.187. The summed E-state index contributed by atoms with van der Waals surface area (Å²) in [5.41, 5.74) is 1.87. The number of allylic oxidation sites excluding steroid dienone is 1. The van der Waals surface area contributed by atoms with Crippen LogP contribution in [0.2, 0.25) is 0 Å². The maximum Gasteiger partial charge on any atom is 0.335 e. The van der Waals surface area contributed by atoms with Crippen molar-refractivity contribution in [3.05, 3.63) is 60.2 Å². The van der Waals surface area contributed by atoms with Crippen LogP contribution in [0.1, 0.15) is 20.7 Å². The largest absolute Gasteiger partial charge is 0.478 e. The molecule has 0 aliphatic heterocycles. The highest BCUT2D eigenvalue weighted by atomic mass is 16.4. The third-order valence-electron chi connectivity index (χ3n) is 2.99. The zero-order valence-electron chi connectivity index (χ0n) is 11.5. The van der Waals surface area contributed by atoms with Gasteiger partial charge >= 0.3 is 5.97 Å². The molecule has 2 rings (SSSR count). The van der Waals surface area contributed by atoms with E-state index in [1.54, 1.807) is 37.4 Å². The lowest BCUT2D eigenvalue weighted by molar-refractivity contribution is 0.0696. The first-order valence-corrected chi connectivity index (χ1v) is 6.26. The van der Waals surface area contributed by atoms with Crippen LogP contribution in [0.15, 0.2) is 49.1 Å². The van der Waals surface area contributed by atoms with E-state index in [1.165, 1.54) is 12.1 Å². The monoisotopic (exact) mass is 282 g/mol. The van der Waals surface area contributed by atoms with Crippen LogP contribution >= 0.6 is 0 Å². The van der Waals surface area contributed by atoms with E-state index in [-0.39, 0.29) is 11.3 Å². The van der Waals surface area contributed by atoms with Crippen molar-refractivity contribution in [2.24, 2.45) is 0 Å². The molecule has 0 aliphatic carbocycles. The molecule has 0 atom stereocenters. The number of anilines is 1. The van der Waals surface area contributed by atoms with Gasteiger partial charge in [-0.05, 0) is 30.3 Å². The molecule has 0 radical (unpaired) electrons. The molecule has 1 heterocycles. The van der Waals surface area contributed by atoms with Crippen LogP contribution in [-0.4, -0.2) is 28.9 Å². The first kappa shape index (κ1) is 14.5. The number of hydrogen-bond acceptors (Lipinski definition) is 4. The fourth-order valence-electron chi connectivity index (χ4n) is 1.93. The number of benzene rings is 1. The number of ketones is 1. The minimum atomic E-state index is -0.996. The summed E-state index contributed by atoms with van der Waals surface area (Å²) in [6.07, 6.45) is 1.22. The van der Waals surface area contributed by atoms with Crippen LogP contribution in [0, 0.1) is 0 Å². The molecule has 2 N–H and O–H groups in total. The maximum absolute atomic E-state index is 11.7. The standard InChI is InChI=1S/C16H14N2O3/c1-3-14(19)12-7-8-13(18-15(12)17-2)10-5-4-6-11(9-10)16(20)21/h3-9H,1H2,2H3,(H,17,18)(H,20,21). The Morgan fingerprint density at radius 3 is 2.67 bits per heavy atom.